The van der Waals surface area contributed by atoms with Crippen LogP contribution in [-0.2, 0) is 19.7 Å². The van der Waals surface area contributed by atoms with E-state index in [1.807, 2.05) is 60.7 Å². The van der Waals surface area contributed by atoms with Crippen LogP contribution in [0.5, 0.6) is 0 Å². The number of rotatable bonds is 9. The maximum absolute atomic E-state index is 14.6. The van der Waals surface area contributed by atoms with Crippen molar-refractivity contribution in [1.29, 1.82) is 0 Å². The quantitative estimate of drug-likeness (QED) is 0.235. The van der Waals surface area contributed by atoms with Crippen LogP contribution in [0.25, 0.3) is 11.3 Å². The summed E-state index contributed by atoms with van der Waals surface area (Å²) in [5.74, 6) is 0.609. The number of ether oxygens (including phenoxy) is 2. The average Bonchev–Trinajstić information content (AvgIpc) is 3.63. The molecule has 1 saturated carbocycles. The van der Waals surface area contributed by atoms with Crippen LogP contribution < -0.4 is 10.2 Å². The Morgan fingerprint density at radius 1 is 0.978 bits per heavy atom. The van der Waals surface area contributed by atoms with Crippen LogP contribution in [0.3, 0.4) is 0 Å². The highest BCUT2D eigenvalue weighted by molar-refractivity contribution is 6.09. The number of hydrogen-bond donors (Lipinski definition) is 1. The van der Waals surface area contributed by atoms with Crippen molar-refractivity contribution in [3.05, 3.63) is 108 Å². The summed E-state index contributed by atoms with van der Waals surface area (Å²) in [5, 5.41) is 3.36. The Hall–Kier alpha value is -4.27. The van der Waals surface area contributed by atoms with Crippen molar-refractivity contribution in [3.8, 4) is 11.3 Å². The zero-order chi connectivity index (χ0) is 31.6. The number of nitrogens with one attached hydrogen (secondary N) is 1. The predicted molar refractivity (Wildman–Crippen MR) is 173 cm³/mol. The molecule has 4 unspecified atom stereocenters. The molecule has 2 bridgehead atoms. The topological polar surface area (TPSA) is 93.9 Å². The van der Waals surface area contributed by atoms with Crippen molar-refractivity contribution >= 4 is 17.5 Å². The lowest BCUT2D eigenvalue weighted by atomic mass is 9.87. The minimum atomic E-state index is -1.01. The lowest BCUT2D eigenvalue weighted by molar-refractivity contribution is -0.124. The first kappa shape index (κ1) is 30.7. The van der Waals surface area contributed by atoms with Gasteiger partial charge in [-0.25, -0.2) is 0 Å². The number of fused-ring (bicyclic) bond motifs is 2. The number of benzene rings is 2. The Balaban J connectivity index is 1.42. The Kier molecular flexibility index (Phi) is 8.88. The Morgan fingerprint density at radius 3 is 2.42 bits per heavy atom. The number of carbonyl (C=O) groups excluding carboxylic acids is 2. The first-order valence-electron chi connectivity index (χ1n) is 15.6. The monoisotopic (exact) mass is 607 g/mol. The van der Waals surface area contributed by atoms with E-state index in [-0.39, 0.29) is 35.0 Å². The number of furan rings is 1. The van der Waals surface area contributed by atoms with Gasteiger partial charge in [-0.15, -0.1) is 0 Å². The molecule has 6 rings (SSSR count). The van der Waals surface area contributed by atoms with Gasteiger partial charge in [-0.1, -0.05) is 69.3 Å². The fourth-order valence-electron chi connectivity index (χ4n) is 6.78. The van der Waals surface area contributed by atoms with Gasteiger partial charge in [0.25, 0.3) is 5.91 Å². The third-order valence-corrected chi connectivity index (χ3v) is 9.12. The fraction of sp³-hybridized carbons (Fsp3) is 0.378. The zero-order valence-electron chi connectivity index (χ0n) is 26.3. The van der Waals surface area contributed by atoms with Crippen molar-refractivity contribution < 1.29 is 23.5 Å². The maximum Gasteiger partial charge on any atom is 0.295 e. The molecule has 234 valence electrons. The van der Waals surface area contributed by atoms with Crippen LogP contribution in [-0.4, -0.2) is 49.8 Å². The minimum Gasteiger partial charge on any atom is -0.451 e. The summed E-state index contributed by atoms with van der Waals surface area (Å²) in [6.45, 7) is 8.20. The molecule has 2 amide bonds. The van der Waals surface area contributed by atoms with Gasteiger partial charge in [0.05, 0.1) is 13.2 Å². The molecule has 1 aliphatic heterocycles. The summed E-state index contributed by atoms with van der Waals surface area (Å²) in [7, 11) is 1.69. The number of aromatic nitrogens is 1. The average molecular weight is 608 g/mol. The highest BCUT2D eigenvalue weighted by atomic mass is 16.5. The number of methoxy groups -OCH3 is 1. The molecule has 8 heteroatoms. The molecule has 0 spiro atoms. The van der Waals surface area contributed by atoms with Crippen molar-refractivity contribution in [1.82, 2.24) is 10.3 Å². The third-order valence-electron chi connectivity index (χ3n) is 9.12. The molecule has 8 nitrogen and oxygen atoms in total. The second kappa shape index (κ2) is 13.0. The minimum absolute atomic E-state index is 0.0855. The van der Waals surface area contributed by atoms with E-state index in [0.29, 0.717) is 42.7 Å². The number of anilines is 1. The number of amides is 2. The lowest BCUT2D eigenvalue weighted by Gasteiger charge is -2.33. The molecule has 0 radical (unpaired) electrons. The van der Waals surface area contributed by atoms with E-state index in [9.17, 15) is 9.59 Å². The normalized spacial score (nSPS) is 21.7. The Morgan fingerprint density at radius 2 is 1.73 bits per heavy atom. The van der Waals surface area contributed by atoms with E-state index in [2.05, 4.69) is 31.1 Å². The largest absolute Gasteiger partial charge is 0.451 e. The highest BCUT2D eigenvalue weighted by Gasteiger charge is 2.48. The standard InChI is InChI=1S/C37H41N3O5/c1-37(2,3)28-12-14-29(15-13-28)40(36(42)32-17-16-31(45-32)24-9-6-5-7-10-24)34(25-11-8-18-38-20-25)35(41)39-33-27-19-26(21-44-22-27)30(33)23-43-4/h5-18,20,26-27,30,33-34H,19,21-23H2,1-4H3,(H,39,41)/t26?,27?,30?,33-,34?/m0/s1. The van der Waals surface area contributed by atoms with Gasteiger partial charge < -0.3 is 19.2 Å². The van der Waals surface area contributed by atoms with Crippen LogP contribution in [0.4, 0.5) is 5.69 Å². The molecular formula is C37H41N3O5. The zero-order valence-corrected chi connectivity index (χ0v) is 26.3. The first-order chi connectivity index (χ1) is 21.7. The molecule has 2 aromatic carbocycles. The second-order valence-corrected chi connectivity index (χ2v) is 13.1. The maximum atomic E-state index is 14.6. The van der Waals surface area contributed by atoms with Gasteiger partial charge in [0, 0.05) is 60.8 Å². The van der Waals surface area contributed by atoms with Crippen LogP contribution in [0.2, 0.25) is 0 Å². The summed E-state index contributed by atoms with van der Waals surface area (Å²) >= 11 is 0. The fourth-order valence-corrected chi connectivity index (χ4v) is 6.78. The van der Waals surface area contributed by atoms with Gasteiger partial charge >= 0.3 is 0 Å². The number of carbonyl (C=O) groups is 2. The Bertz CT molecular complexity index is 1600. The van der Waals surface area contributed by atoms with E-state index in [4.69, 9.17) is 13.9 Å². The van der Waals surface area contributed by atoms with Crippen molar-refractivity contribution in [2.75, 3.05) is 31.8 Å². The van der Waals surface area contributed by atoms with Gasteiger partial charge in [0.2, 0.25) is 5.91 Å². The highest BCUT2D eigenvalue weighted by Crippen LogP contribution is 2.41. The van der Waals surface area contributed by atoms with Gasteiger partial charge in [-0.3, -0.25) is 19.5 Å². The van der Waals surface area contributed by atoms with Crippen LogP contribution in [0.1, 0.15) is 54.9 Å². The third kappa shape index (κ3) is 6.44. The predicted octanol–water partition coefficient (Wildman–Crippen LogP) is 6.44. The van der Waals surface area contributed by atoms with E-state index < -0.39 is 11.9 Å². The van der Waals surface area contributed by atoms with E-state index in [1.165, 1.54) is 4.90 Å². The number of nitrogens with zero attached hydrogens (tertiary/aromatic N) is 2. The number of pyridine rings is 1. The van der Waals surface area contributed by atoms with Crippen molar-refractivity contribution in [2.24, 2.45) is 17.8 Å². The van der Waals surface area contributed by atoms with Gasteiger partial charge in [0.1, 0.15) is 11.8 Å². The van der Waals surface area contributed by atoms with Crippen molar-refractivity contribution in [2.45, 2.75) is 44.7 Å². The van der Waals surface area contributed by atoms with E-state index in [1.54, 1.807) is 37.7 Å². The lowest BCUT2D eigenvalue weighted by Crippen LogP contribution is -2.50. The van der Waals surface area contributed by atoms with E-state index >= 15 is 0 Å². The van der Waals surface area contributed by atoms with Gasteiger partial charge in [0.15, 0.2) is 5.76 Å². The van der Waals surface area contributed by atoms with Gasteiger partial charge in [-0.05, 0) is 53.6 Å². The molecular weight excluding hydrogens is 566 g/mol. The molecule has 1 saturated heterocycles. The molecule has 2 aromatic heterocycles. The summed E-state index contributed by atoms with van der Waals surface area (Å²) in [6, 6.07) is 23.4. The number of hydrogen-bond acceptors (Lipinski definition) is 6. The molecule has 2 aliphatic rings. The molecule has 1 aliphatic carbocycles. The molecule has 1 N–H and O–H groups in total. The second-order valence-electron chi connectivity index (χ2n) is 13.1. The smallest absolute Gasteiger partial charge is 0.295 e. The van der Waals surface area contributed by atoms with Crippen molar-refractivity contribution in [3.63, 3.8) is 0 Å². The molecule has 45 heavy (non-hydrogen) atoms. The molecule has 2 fully saturated rings. The summed E-state index contributed by atoms with van der Waals surface area (Å²) in [6.07, 6.45) is 4.28. The van der Waals surface area contributed by atoms with Gasteiger partial charge in [-0.2, -0.15) is 0 Å². The Labute approximate surface area is 264 Å². The summed E-state index contributed by atoms with van der Waals surface area (Å²) in [4.78, 5) is 35.0. The molecule has 5 atom stereocenters. The van der Waals surface area contributed by atoms with Crippen LogP contribution in [0.15, 0.2) is 95.7 Å². The summed E-state index contributed by atoms with van der Waals surface area (Å²) in [5.41, 5.74) is 3.07. The van der Waals surface area contributed by atoms with E-state index in [0.717, 1.165) is 17.5 Å². The van der Waals surface area contributed by atoms with Crippen LogP contribution in [0, 0.1) is 17.8 Å². The first-order valence-corrected chi connectivity index (χ1v) is 15.6. The molecule has 4 aromatic rings. The van der Waals surface area contributed by atoms with Crippen LogP contribution >= 0.6 is 0 Å². The summed E-state index contributed by atoms with van der Waals surface area (Å²) < 4.78 is 17.6. The SMILES string of the molecule is COCC1C2COCC(C2)[C@@H]1NC(=O)C(c1cccnc1)N(C(=O)c1ccc(-c2ccccc2)o1)c1ccc(C(C)(C)C)cc1. The molecule has 3 heterocycles.